The number of benzene rings is 9. The summed E-state index contributed by atoms with van der Waals surface area (Å²) in [7, 11) is 0. The van der Waals surface area contributed by atoms with E-state index in [-0.39, 0.29) is 10.8 Å². The molecule has 9 aromatic carbocycles. The van der Waals surface area contributed by atoms with Crippen molar-refractivity contribution < 1.29 is 4.42 Å². The van der Waals surface area contributed by atoms with Gasteiger partial charge in [-0.3, -0.25) is 0 Å². The van der Waals surface area contributed by atoms with Gasteiger partial charge in [0.1, 0.15) is 11.2 Å². The average Bonchev–Trinajstić information content (AvgIpc) is 4.16. The van der Waals surface area contributed by atoms with Crippen molar-refractivity contribution in [3.05, 3.63) is 210 Å². The molecule has 2 saturated carbocycles. The van der Waals surface area contributed by atoms with Crippen molar-refractivity contribution in [1.82, 2.24) is 0 Å². The number of nitrogens with zero attached hydrogens (tertiary/aromatic N) is 1. The molecule has 2 heteroatoms. The van der Waals surface area contributed by atoms with Crippen LogP contribution in [0, 0.1) is 11.8 Å². The van der Waals surface area contributed by atoms with E-state index in [1.165, 1.54) is 98.0 Å². The summed E-state index contributed by atoms with van der Waals surface area (Å²) in [6.07, 6.45) is 5.32. The minimum atomic E-state index is -0.0898. The number of hydrogen-bond acceptors (Lipinski definition) is 2. The van der Waals surface area contributed by atoms with Crippen LogP contribution in [0.4, 0.5) is 17.1 Å². The molecule has 1 heterocycles. The van der Waals surface area contributed by atoms with E-state index in [1.54, 1.807) is 5.56 Å². The van der Waals surface area contributed by atoms with E-state index in [2.05, 4.69) is 207 Å². The fourth-order valence-corrected chi connectivity index (χ4v) is 13.4. The van der Waals surface area contributed by atoms with E-state index in [0.29, 0.717) is 5.92 Å². The largest absolute Gasteiger partial charge is 0.455 e. The highest BCUT2D eigenvalue weighted by Gasteiger charge is 2.56. The van der Waals surface area contributed by atoms with Crippen LogP contribution in [0.1, 0.15) is 61.8 Å². The molecule has 0 saturated heterocycles. The highest BCUT2D eigenvalue weighted by molar-refractivity contribution is 6.19. The Labute approximate surface area is 374 Å². The lowest BCUT2D eigenvalue weighted by Crippen LogP contribution is -2.32. The van der Waals surface area contributed by atoms with Crippen LogP contribution in [-0.2, 0) is 10.8 Å². The smallest absolute Gasteiger partial charge is 0.143 e. The Morgan fingerprint density at radius 1 is 0.484 bits per heavy atom. The first-order valence-electron chi connectivity index (χ1n) is 23.3. The number of rotatable bonds is 5. The molecule has 14 rings (SSSR count). The molecule has 0 amide bonds. The van der Waals surface area contributed by atoms with E-state index in [1.807, 2.05) is 0 Å². The maximum atomic E-state index is 6.61. The second-order valence-corrected chi connectivity index (χ2v) is 19.6. The lowest BCUT2D eigenvalue weighted by atomic mass is 9.67. The molecule has 1 aromatic heterocycles. The molecule has 2 nitrogen and oxygen atoms in total. The number of fused-ring (bicyclic) bond motifs is 16. The zero-order valence-corrected chi connectivity index (χ0v) is 36.2. The lowest BCUT2D eigenvalue weighted by Gasteiger charge is -2.37. The van der Waals surface area contributed by atoms with Gasteiger partial charge in [0, 0.05) is 44.1 Å². The Morgan fingerprint density at radius 3 is 1.88 bits per heavy atom. The summed E-state index contributed by atoms with van der Waals surface area (Å²) >= 11 is 0. The van der Waals surface area contributed by atoms with Gasteiger partial charge >= 0.3 is 0 Å². The van der Waals surface area contributed by atoms with Crippen LogP contribution in [0.3, 0.4) is 0 Å². The molecule has 0 aliphatic heterocycles. The van der Waals surface area contributed by atoms with Crippen LogP contribution >= 0.6 is 0 Å². The molecular weight excluding hydrogens is 775 g/mol. The first-order valence-corrected chi connectivity index (χ1v) is 23.3. The first-order chi connectivity index (χ1) is 31.5. The van der Waals surface area contributed by atoms with Gasteiger partial charge in [-0.1, -0.05) is 160 Å². The van der Waals surface area contributed by atoms with Gasteiger partial charge in [0.25, 0.3) is 0 Å². The van der Waals surface area contributed by atoms with Gasteiger partial charge in [0.2, 0.25) is 0 Å². The summed E-state index contributed by atoms with van der Waals surface area (Å²) in [5.74, 6) is 1.52. The Kier molecular flexibility index (Phi) is 7.49. The second kappa shape index (κ2) is 13.2. The normalized spacial score (nSPS) is 19.7. The van der Waals surface area contributed by atoms with Crippen molar-refractivity contribution in [1.29, 1.82) is 0 Å². The maximum absolute atomic E-state index is 6.61. The Hall–Kier alpha value is -7.16. The van der Waals surface area contributed by atoms with Crippen LogP contribution in [0.5, 0.6) is 0 Å². The van der Waals surface area contributed by atoms with Gasteiger partial charge in [-0.15, -0.1) is 0 Å². The van der Waals surface area contributed by atoms with Gasteiger partial charge in [-0.2, -0.15) is 0 Å². The summed E-state index contributed by atoms with van der Waals surface area (Å²) < 4.78 is 6.61. The zero-order valence-electron chi connectivity index (χ0n) is 36.2. The van der Waals surface area contributed by atoms with E-state index in [9.17, 15) is 0 Å². The Balaban J connectivity index is 0.912. The fraction of sp³-hybridized carbons (Fsp3) is 0.161. The molecule has 10 aromatic rings. The molecule has 2 bridgehead atoms. The highest BCUT2D eigenvalue weighted by Crippen LogP contribution is 2.66. The maximum Gasteiger partial charge on any atom is 0.143 e. The van der Waals surface area contributed by atoms with Gasteiger partial charge in [-0.25, -0.2) is 0 Å². The predicted molar refractivity (Wildman–Crippen MR) is 266 cm³/mol. The minimum Gasteiger partial charge on any atom is -0.455 e. The van der Waals surface area contributed by atoms with Crippen molar-refractivity contribution in [2.45, 2.75) is 50.4 Å². The molecule has 4 aliphatic rings. The third-order valence-corrected chi connectivity index (χ3v) is 16.1. The van der Waals surface area contributed by atoms with Gasteiger partial charge in [0.05, 0.1) is 0 Å². The summed E-state index contributed by atoms with van der Waals surface area (Å²) in [5.41, 5.74) is 21.8. The summed E-state index contributed by atoms with van der Waals surface area (Å²) in [6, 6.07) is 70.5. The van der Waals surface area contributed by atoms with Gasteiger partial charge in [0.15, 0.2) is 0 Å². The fourth-order valence-electron chi connectivity index (χ4n) is 13.4. The van der Waals surface area contributed by atoms with Gasteiger partial charge in [-0.05, 0) is 152 Å². The van der Waals surface area contributed by atoms with Crippen LogP contribution in [0.2, 0.25) is 0 Å². The monoisotopic (exact) mass is 821 g/mol. The third kappa shape index (κ3) is 4.92. The van der Waals surface area contributed by atoms with E-state index in [4.69, 9.17) is 4.42 Å². The van der Waals surface area contributed by atoms with E-state index in [0.717, 1.165) is 44.6 Å². The summed E-state index contributed by atoms with van der Waals surface area (Å²) in [5, 5.41) is 4.66. The molecule has 64 heavy (non-hydrogen) atoms. The van der Waals surface area contributed by atoms with Crippen molar-refractivity contribution >= 4 is 49.8 Å². The lowest BCUT2D eigenvalue weighted by molar-refractivity contribution is 0.327. The highest BCUT2D eigenvalue weighted by atomic mass is 16.3. The van der Waals surface area contributed by atoms with Crippen molar-refractivity contribution in [3.8, 4) is 44.5 Å². The van der Waals surface area contributed by atoms with Crippen LogP contribution in [0.15, 0.2) is 192 Å². The molecule has 4 aliphatic carbocycles. The van der Waals surface area contributed by atoms with Crippen molar-refractivity contribution in [2.24, 2.45) is 11.8 Å². The first kappa shape index (κ1) is 36.3. The van der Waals surface area contributed by atoms with Crippen LogP contribution < -0.4 is 4.90 Å². The van der Waals surface area contributed by atoms with Crippen LogP contribution in [-0.4, -0.2) is 0 Å². The molecule has 0 radical (unpaired) electrons. The molecular formula is C62H47NO. The number of anilines is 3. The summed E-state index contributed by atoms with van der Waals surface area (Å²) in [4.78, 5) is 2.49. The predicted octanol–water partition coefficient (Wildman–Crippen LogP) is 16.9. The molecule has 306 valence electrons. The molecule has 3 atom stereocenters. The second-order valence-electron chi connectivity index (χ2n) is 19.6. The number of furan rings is 1. The Morgan fingerprint density at radius 2 is 1.11 bits per heavy atom. The molecule has 3 unspecified atom stereocenters. The molecule has 0 N–H and O–H groups in total. The minimum absolute atomic E-state index is 0.0898. The number of hydrogen-bond donors (Lipinski definition) is 0. The van der Waals surface area contributed by atoms with Gasteiger partial charge < -0.3 is 9.32 Å². The zero-order chi connectivity index (χ0) is 42.3. The Bertz CT molecular complexity index is 3550. The SMILES string of the molecule is CC1(C)c2ccccc2-c2cccc(-c3ccc(N(c4ccc(-c5cccc6oc7c8ccccc8ccc7c56)cc4)c4ccc5c(c4)C4(CC6CCC4C6)c4ccccc4-5)cc3)c21. The molecule has 1 spiro atoms. The average molecular weight is 822 g/mol. The van der Waals surface area contributed by atoms with Crippen molar-refractivity contribution in [2.75, 3.05) is 4.90 Å². The quantitative estimate of drug-likeness (QED) is 0.172. The summed E-state index contributed by atoms with van der Waals surface area (Å²) in [6.45, 7) is 4.76. The third-order valence-electron chi connectivity index (χ3n) is 16.1. The van der Waals surface area contributed by atoms with E-state index < -0.39 is 0 Å². The topological polar surface area (TPSA) is 16.4 Å². The molecule has 2 fully saturated rings. The van der Waals surface area contributed by atoms with E-state index >= 15 is 0 Å². The standard InChI is InChI=1S/C62H47NO/c1-61(2)54-18-7-5-14-50(54)52-17-9-16-47(59(52)61)41-24-30-44(31-25-41)63(45-32-34-51-49-13-6-8-19-55(49)62(56(51)36-45)37-38-21-27-42(62)35-38)43-28-22-40(23-29-43)46-15-10-20-57-58(46)53-33-26-39-11-3-4-12-48(39)60(53)64-57/h3-20,22-26,28-34,36,38,42H,21,27,35,37H2,1-2H3. The van der Waals surface area contributed by atoms with Crippen molar-refractivity contribution in [3.63, 3.8) is 0 Å². The van der Waals surface area contributed by atoms with Crippen LogP contribution in [0.25, 0.3) is 77.2 Å².